The van der Waals surface area contributed by atoms with Crippen molar-refractivity contribution in [1.82, 2.24) is 5.43 Å². The second-order valence-electron chi connectivity index (χ2n) is 7.27. The molecule has 3 rings (SSSR count). The van der Waals surface area contributed by atoms with Gasteiger partial charge >= 0.3 is 0 Å². The van der Waals surface area contributed by atoms with Crippen molar-refractivity contribution in [1.29, 1.82) is 0 Å². The van der Waals surface area contributed by atoms with Crippen molar-refractivity contribution in [2.45, 2.75) is 13.8 Å². The second kappa shape index (κ2) is 11.2. The van der Waals surface area contributed by atoms with E-state index in [-0.39, 0.29) is 23.8 Å². The highest BCUT2D eigenvalue weighted by Gasteiger charge is 2.12. The Morgan fingerprint density at radius 2 is 1.88 bits per heavy atom. The Kier molecular flexibility index (Phi) is 8.10. The number of carbonyl (C=O) groups is 2. The van der Waals surface area contributed by atoms with Gasteiger partial charge in [0.2, 0.25) is 0 Å². The normalized spacial score (nSPS) is 10.7. The molecular weight excluding hydrogens is 504 g/mol. The lowest BCUT2D eigenvalue weighted by Gasteiger charge is -2.12. The first-order valence-corrected chi connectivity index (χ1v) is 10.9. The summed E-state index contributed by atoms with van der Waals surface area (Å²) < 4.78 is 6.41. The van der Waals surface area contributed by atoms with Crippen molar-refractivity contribution < 1.29 is 19.2 Å². The molecule has 0 aromatic heterocycles. The van der Waals surface area contributed by atoms with Gasteiger partial charge in [-0.05, 0) is 55.3 Å². The fourth-order valence-corrected chi connectivity index (χ4v) is 3.33. The van der Waals surface area contributed by atoms with Crippen LogP contribution < -0.4 is 15.5 Å². The van der Waals surface area contributed by atoms with Crippen molar-refractivity contribution in [3.05, 3.63) is 97.5 Å². The largest absolute Gasteiger partial charge is 0.483 e. The van der Waals surface area contributed by atoms with Gasteiger partial charge in [-0.3, -0.25) is 19.7 Å². The zero-order valence-corrected chi connectivity index (χ0v) is 20.0. The van der Waals surface area contributed by atoms with Gasteiger partial charge in [0.1, 0.15) is 5.75 Å². The number of non-ortho nitro benzene ring substituents is 1. The Balaban J connectivity index is 1.65. The third-order valence-electron chi connectivity index (χ3n) is 4.90. The van der Waals surface area contributed by atoms with Gasteiger partial charge in [-0.2, -0.15) is 5.10 Å². The van der Waals surface area contributed by atoms with Gasteiger partial charge in [0.15, 0.2) is 6.61 Å². The van der Waals surface area contributed by atoms with Crippen LogP contribution in [0.5, 0.6) is 5.75 Å². The molecule has 0 atom stereocenters. The predicted octanol–water partition coefficient (Wildman–Crippen LogP) is 4.76. The lowest BCUT2D eigenvalue weighted by molar-refractivity contribution is -0.384. The van der Waals surface area contributed by atoms with E-state index in [1.165, 1.54) is 24.4 Å². The van der Waals surface area contributed by atoms with Gasteiger partial charge in [0.05, 0.1) is 11.1 Å². The molecule has 0 saturated heterocycles. The molecule has 0 aliphatic rings. The summed E-state index contributed by atoms with van der Waals surface area (Å²) >= 11 is 3.37. The molecule has 0 aliphatic heterocycles. The highest BCUT2D eigenvalue weighted by Crippen LogP contribution is 2.22. The molecule has 0 fully saturated rings. The minimum absolute atomic E-state index is 0.0974. The fraction of sp³-hybridized carbons (Fsp3) is 0.125. The molecule has 174 valence electrons. The molecule has 0 heterocycles. The number of anilines is 1. The van der Waals surface area contributed by atoms with Crippen LogP contribution >= 0.6 is 15.9 Å². The predicted molar refractivity (Wildman–Crippen MR) is 132 cm³/mol. The monoisotopic (exact) mass is 524 g/mol. The summed E-state index contributed by atoms with van der Waals surface area (Å²) in [6.07, 6.45) is 1.36. The van der Waals surface area contributed by atoms with Gasteiger partial charge in [0, 0.05) is 33.4 Å². The van der Waals surface area contributed by atoms with Crippen LogP contribution in [0.1, 0.15) is 27.0 Å². The van der Waals surface area contributed by atoms with Crippen LogP contribution in [0.4, 0.5) is 11.4 Å². The smallest absolute Gasteiger partial charge is 0.271 e. The van der Waals surface area contributed by atoms with E-state index in [1.807, 2.05) is 32.0 Å². The summed E-state index contributed by atoms with van der Waals surface area (Å²) in [6.45, 7) is 3.67. The summed E-state index contributed by atoms with van der Waals surface area (Å²) in [5.74, 6) is -0.545. The highest BCUT2D eigenvalue weighted by atomic mass is 79.9. The number of nitrogens with zero attached hydrogens (tertiary/aromatic N) is 2. The molecule has 0 bridgehead atoms. The lowest BCUT2D eigenvalue weighted by atomic mass is 10.1. The van der Waals surface area contributed by atoms with E-state index >= 15 is 0 Å². The Hall–Kier alpha value is -4.05. The number of carbonyl (C=O) groups excluding carboxylic acids is 2. The number of aryl methyl sites for hydroxylation is 1. The first kappa shape index (κ1) is 24.6. The molecule has 34 heavy (non-hydrogen) atoms. The standard InChI is InChI=1S/C24H21BrN4O5/c1-15-5-3-8-21(16(15)2)27-23(30)14-34-22-10-9-19(25)11-18(22)13-26-28-24(31)17-6-4-7-20(12-17)29(32)33/h3-13H,14H2,1-2H3,(H,27,30)(H,28,31)/b26-13+. The fourth-order valence-electron chi connectivity index (χ4n) is 2.95. The third kappa shape index (κ3) is 6.48. The van der Waals surface area contributed by atoms with Gasteiger partial charge in [-0.25, -0.2) is 5.43 Å². The summed E-state index contributed by atoms with van der Waals surface area (Å²) in [5, 5.41) is 17.6. The Labute approximate surface area is 204 Å². The molecule has 0 spiro atoms. The number of nitro benzene ring substituents is 1. The van der Waals surface area contributed by atoms with Gasteiger partial charge in [0.25, 0.3) is 17.5 Å². The molecule has 3 aromatic rings. The van der Waals surface area contributed by atoms with Crippen molar-refractivity contribution in [2.75, 3.05) is 11.9 Å². The number of benzene rings is 3. The van der Waals surface area contributed by atoms with Crippen LogP contribution in [0.25, 0.3) is 0 Å². The molecule has 0 radical (unpaired) electrons. The average molecular weight is 525 g/mol. The van der Waals surface area contributed by atoms with E-state index in [0.717, 1.165) is 27.4 Å². The zero-order chi connectivity index (χ0) is 24.7. The van der Waals surface area contributed by atoms with Crippen molar-refractivity contribution >= 4 is 45.3 Å². The van der Waals surface area contributed by atoms with Crippen LogP contribution in [0.2, 0.25) is 0 Å². The van der Waals surface area contributed by atoms with Gasteiger partial charge in [-0.1, -0.05) is 34.1 Å². The number of nitro groups is 1. The number of nitrogens with one attached hydrogen (secondary N) is 2. The first-order chi connectivity index (χ1) is 16.2. The number of rotatable bonds is 8. The molecule has 9 nitrogen and oxygen atoms in total. The van der Waals surface area contributed by atoms with E-state index in [4.69, 9.17) is 4.74 Å². The molecule has 0 aliphatic carbocycles. The van der Waals surface area contributed by atoms with Crippen molar-refractivity contribution in [3.8, 4) is 5.75 Å². The number of hydrazone groups is 1. The zero-order valence-electron chi connectivity index (χ0n) is 18.4. The molecule has 0 unspecified atom stereocenters. The highest BCUT2D eigenvalue weighted by molar-refractivity contribution is 9.10. The van der Waals surface area contributed by atoms with Crippen LogP contribution in [0, 0.1) is 24.0 Å². The van der Waals surface area contributed by atoms with Crippen LogP contribution in [-0.2, 0) is 4.79 Å². The molecular formula is C24H21BrN4O5. The SMILES string of the molecule is Cc1cccc(NC(=O)COc2ccc(Br)cc2/C=N/NC(=O)c2cccc([N+](=O)[O-])c2)c1C. The van der Waals surface area contributed by atoms with Crippen LogP contribution in [0.3, 0.4) is 0 Å². The van der Waals surface area contributed by atoms with E-state index in [0.29, 0.717) is 11.3 Å². The second-order valence-corrected chi connectivity index (χ2v) is 8.19. The molecule has 10 heteroatoms. The topological polar surface area (TPSA) is 123 Å². The van der Waals surface area contributed by atoms with E-state index in [9.17, 15) is 19.7 Å². The Morgan fingerprint density at radius 1 is 1.12 bits per heavy atom. The number of halogens is 1. The Morgan fingerprint density at radius 3 is 2.65 bits per heavy atom. The number of hydrogen-bond acceptors (Lipinski definition) is 6. The van der Waals surface area contributed by atoms with Crippen molar-refractivity contribution in [2.24, 2.45) is 5.10 Å². The molecule has 2 N–H and O–H groups in total. The van der Waals surface area contributed by atoms with Gasteiger partial charge in [-0.15, -0.1) is 0 Å². The number of hydrogen-bond donors (Lipinski definition) is 2. The first-order valence-electron chi connectivity index (χ1n) is 10.1. The van der Waals surface area contributed by atoms with Crippen LogP contribution in [-0.4, -0.2) is 29.6 Å². The minimum atomic E-state index is -0.606. The molecule has 0 saturated carbocycles. The summed E-state index contributed by atoms with van der Waals surface area (Å²) in [7, 11) is 0. The van der Waals surface area contributed by atoms with E-state index in [2.05, 4.69) is 31.8 Å². The molecule has 3 aromatic carbocycles. The van der Waals surface area contributed by atoms with E-state index < -0.39 is 10.8 Å². The lowest BCUT2D eigenvalue weighted by Crippen LogP contribution is -2.21. The number of amides is 2. The quantitative estimate of drug-likeness (QED) is 0.250. The minimum Gasteiger partial charge on any atom is -0.483 e. The Bertz CT molecular complexity index is 1280. The van der Waals surface area contributed by atoms with Gasteiger partial charge < -0.3 is 10.1 Å². The summed E-state index contributed by atoms with van der Waals surface area (Å²) in [6, 6.07) is 16.1. The van der Waals surface area contributed by atoms with E-state index in [1.54, 1.807) is 18.2 Å². The third-order valence-corrected chi connectivity index (χ3v) is 5.39. The maximum absolute atomic E-state index is 12.4. The maximum atomic E-state index is 12.4. The number of ether oxygens (including phenoxy) is 1. The van der Waals surface area contributed by atoms with Crippen LogP contribution in [0.15, 0.2) is 70.2 Å². The average Bonchev–Trinajstić information content (AvgIpc) is 2.81. The summed E-state index contributed by atoms with van der Waals surface area (Å²) in [4.78, 5) is 34.9. The molecule has 2 amide bonds. The van der Waals surface area contributed by atoms with Crippen molar-refractivity contribution in [3.63, 3.8) is 0 Å². The summed E-state index contributed by atoms with van der Waals surface area (Å²) in [5.41, 5.74) is 5.50. The maximum Gasteiger partial charge on any atom is 0.271 e.